The number of halogens is 2. The van der Waals surface area contributed by atoms with Gasteiger partial charge in [0.05, 0.1) is 17.0 Å². The second-order valence-electron chi connectivity index (χ2n) is 10.0. The smallest absolute Gasteiger partial charge is 0.308 e. The molecule has 0 amide bonds. The van der Waals surface area contributed by atoms with E-state index < -0.39 is 23.5 Å². The van der Waals surface area contributed by atoms with Gasteiger partial charge in [0.15, 0.2) is 5.82 Å². The first kappa shape index (κ1) is 21.9. The van der Waals surface area contributed by atoms with Crippen LogP contribution < -0.4 is 5.32 Å². The average molecular weight is 477 g/mol. The normalized spacial score (nSPS) is 23.8. The molecule has 0 saturated heterocycles. The lowest BCUT2D eigenvalue weighted by molar-refractivity contribution is -0.148. The number of aromatic nitrogens is 3. The zero-order valence-corrected chi connectivity index (χ0v) is 19.5. The van der Waals surface area contributed by atoms with Crippen LogP contribution in [0.5, 0.6) is 0 Å². The molecule has 0 unspecified atom stereocenters. The summed E-state index contributed by atoms with van der Waals surface area (Å²) in [5.74, 6) is -1.29. The number of fused-ring (bicyclic) bond motifs is 5. The minimum atomic E-state index is -0.773. The Kier molecular flexibility index (Phi) is 5.02. The summed E-state index contributed by atoms with van der Waals surface area (Å²) in [6, 6.07) is 5.84. The summed E-state index contributed by atoms with van der Waals surface area (Å²) in [7, 11) is 0. The Hall–Kier alpha value is -3.55. The Morgan fingerprint density at radius 3 is 2.54 bits per heavy atom. The van der Waals surface area contributed by atoms with Crippen LogP contribution in [-0.4, -0.2) is 32.1 Å². The number of carboxylic acid groups (broad SMARTS) is 1. The molecule has 180 valence electrons. The van der Waals surface area contributed by atoms with Gasteiger partial charge in [-0.25, -0.2) is 18.7 Å². The topological polar surface area (TPSA) is 90.9 Å². The monoisotopic (exact) mass is 476 g/mol. The van der Waals surface area contributed by atoms with E-state index in [0.29, 0.717) is 22.6 Å². The third kappa shape index (κ3) is 3.46. The Bertz CT molecular complexity index is 1490. The first-order valence-electron chi connectivity index (χ1n) is 12.1. The minimum Gasteiger partial charge on any atom is -0.481 e. The molecule has 2 aromatic carbocycles. The quantitative estimate of drug-likeness (QED) is 0.337. The molecule has 0 spiro atoms. The van der Waals surface area contributed by atoms with E-state index >= 15 is 0 Å². The predicted molar refractivity (Wildman–Crippen MR) is 130 cm³/mol. The van der Waals surface area contributed by atoms with Gasteiger partial charge in [0.2, 0.25) is 0 Å². The highest BCUT2D eigenvalue weighted by atomic mass is 19.1. The molecule has 3 saturated carbocycles. The SMILES string of the molecule is Cc1ccc2c(N[C@@H]3C4CCC(CC4)[C@H]3C(=O)O)nc(-c3c[nH]c4c(F)cc(F)cc34)nc2c1C. The first-order valence-corrected chi connectivity index (χ1v) is 12.1. The highest BCUT2D eigenvalue weighted by Crippen LogP contribution is 2.47. The van der Waals surface area contributed by atoms with Crippen molar-refractivity contribution in [1.82, 2.24) is 15.0 Å². The fourth-order valence-electron chi connectivity index (χ4n) is 6.17. The van der Waals surface area contributed by atoms with Gasteiger partial charge in [-0.1, -0.05) is 6.07 Å². The van der Waals surface area contributed by atoms with Crippen LogP contribution in [0.2, 0.25) is 0 Å². The van der Waals surface area contributed by atoms with Crippen molar-refractivity contribution in [3.05, 3.63) is 53.2 Å². The molecule has 6 nitrogen and oxygen atoms in total. The molecule has 2 aromatic heterocycles. The van der Waals surface area contributed by atoms with Gasteiger partial charge in [-0.3, -0.25) is 4.79 Å². The number of benzene rings is 2. The first-order chi connectivity index (χ1) is 16.8. The standard InChI is InChI=1S/C27H26F2N4O2/c1-12-3-8-17-22(13(12)2)31-26(19-11-30-24-18(19)9-16(28)10-20(24)29)33-25(17)32-23-15-6-4-14(5-7-15)21(23)27(34)35/h3,8-11,14-15,21,23,30H,4-7H2,1-2H3,(H,34,35)(H,31,32,33)/t14?,15?,21-,23-/m1/s1. The van der Waals surface area contributed by atoms with Gasteiger partial charge in [-0.15, -0.1) is 0 Å². The van der Waals surface area contributed by atoms with E-state index in [1.807, 2.05) is 26.0 Å². The second kappa shape index (κ2) is 8.00. The number of rotatable bonds is 4. The zero-order valence-electron chi connectivity index (χ0n) is 19.5. The van der Waals surface area contributed by atoms with E-state index in [9.17, 15) is 18.7 Å². The molecule has 3 aliphatic rings. The number of anilines is 1. The highest BCUT2D eigenvalue weighted by molar-refractivity contribution is 5.98. The van der Waals surface area contributed by atoms with Crippen molar-refractivity contribution >= 4 is 33.6 Å². The molecule has 0 aliphatic heterocycles. The Labute approximate surface area is 200 Å². The van der Waals surface area contributed by atoms with Crippen LogP contribution in [0.4, 0.5) is 14.6 Å². The van der Waals surface area contributed by atoms with Gasteiger partial charge in [-0.05, 0) is 74.6 Å². The van der Waals surface area contributed by atoms with Gasteiger partial charge >= 0.3 is 5.97 Å². The van der Waals surface area contributed by atoms with Gasteiger partial charge in [0.25, 0.3) is 0 Å². The van der Waals surface area contributed by atoms with Crippen molar-refractivity contribution in [3.8, 4) is 11.4 Å². The Morgan fingerprint density at radius 2 is 1.80 bits per heavy atom. The maximum absolute atomic E-state index is 14.4. The molecule has 0 radical (unpaired) electrons. The van der Waals surface area contributed by atoms with Gasteiger partial charge in [-0.2, -0.15) is 0 Å². The molecule has 2 bridgehead atoms. The molecule has 3 aliphatic carbocycles. The summed E-state index contributed by atoms with van der Waals surface area (Å²) < 4.78 is 28.4. The van der Waals surface area contributed by atoms with Gasteiger partial charge < -0.3 is 15.4 Å². The average Bonchev–Trinajstić information content (AvgIpc) is 3.26. The molecule has 4 aromatic rings. The molecule has 3 fully saturated rings. The van der Waals surface area contributed by atoms with Gasteiger partial charge in [0, 0.05) is 34.6 Å². The predicted octanol–water partition coefficient (Wildman–Crippen LogP) is 5.97. The van der Waals surface area contributed by atoms with Gasteiger partial charge in [0.1, 0.15) is 17.5 Å². The molecular weight excluding hydrogens is 450 g/mol. The maximum Gasteiger partial charge on any atom is 0.308 e. The van der Waals surface area contributed by atoms with Crippen molar-refractivity contribution in [1.29, 1.82) is 0 Å². The van der Waals surface area contributed by atoms with Crippen molar-refractivity contribution in [2.75, 3.05) is 5.32 Å². The number of hydrogen-bond acceptors (Lipinski definition) is 4. The van der Waals surface area contributed by atoms with Crippen LogP contribution in [0.25, 0.3) is 33.2 Å². The van der Waals surface area contributed by atoms with Crippen molar-refractivity contribution < 1.29 is 18.7 Å². The maximum atomic E-state index is 14.4. The molecule has 35 heavy (non-hydrogen) atoms. The third-order valence-electron chi connectivity index (χ3n) is 8.15. The second-order valence-corrected chi connectivity index (χ2v) is 10.0. The molecular formula is C27H26F2N4O2. The Morgan fingerprint density at radius 1 is 1.06 bits per heavy atom. The number of aliphatic carboxylic acids is 1. The number of H-pyrrole nitrogens is 1. The number of aryl methyl sites for hydroxylation is 2. The van der Waals surface area contributed by atoms with Crippen molar-refractivity contribution in [3.63, 3.8) is 0 Å². The lowest BCUT2D eigenvalue weighted by Gasteiger charge is -2.47. The number of hydrogen-bond donors (Lipinski definition) is 3. The molecule has 2 heterocycles. The largest absolute Gasteiger partial charge is 0.481 e. The number of carboxylic acids is 1. The van der Waals surface area contributed by atoms with Crippen molar-refractivity contribution in [2.45, 2.75) is 45.6 Å². The molecule has 3 N–H and O–H groups in total. The van der Waals surface area contributed by atoms with E-state index in [2.05, 4.69) is 10.3 Å². The summed E-state index contributed by atoms with van der Waals surface area (Å²) >= 11 is 0. The fraction of sp³-hybridized carbons (Fsp3) is 0.370. The van der Waals surface area contributed by atoms with E-state index in [-0.39, 0.29) is 23.4 Å². The molecule has 8 heteroatoms. The van der Waals surface area contributed by atoms with Crippen LogP contribution in [0.3, 0.4) is 0 Å². The van der Waals surface area contributed by atoms with E-state index in [0.717, 1.165) is 53.8 Å². The summed E-state index contributed by atoms with van der Waals surface area (Å²) in [5.41, 5.74) is 3.45. The van der Waals surface area contributed by atoms with E-state index in [1.165, 1.54) is 6.07 Å². The van der Waals surface area contributed by atoms with E-state index in [1.54, 1.807) is 6.20 Å². The van der Waals surface area contributed by atoms with Crippen LogP contribution in [0.15, 0.2) is 30.5 Å². The molecule has 2 atom stereocenters. The summed E-state index contributed by atoms with van der Waals surface area (Å²) in [6.07, 6.45) is 5.48. The molecule has 7 rings (SSSR count). The summed E-state index contributed by atoms with van der Waals surface area (Å²) in [6.45, 7) is 3.98. The zero-order chi connectivity index (χ0) is 24.4. The van der Waals surface area contributed by atoms with E-state index in [4.69, 9.17) is 9.97 Å². The number of nitrogens with zero attached hydrogens (tertiary/aromatic N) is 2. The van der Waals surface area contributed by atoms with Crippen LogP contribution in [-0.2, 0) is 4.79 Å². The number of aromatic amines is 1. The minimum absolute atomic E-state index is 0.158. The summed E-state index contributed by atoms with van der Waals surface area (Å²) in [4.78, 5) is 24.7. The highest BCUT2D eigenvalue weighted by Gasteiger charge is 2.47. The number of nitrogens with one attached hydrogen (secondary N) is 2. The van der Waals surface area contributed by atoms with Crippen LogP contribution in [0, 0.1) is 43.2 Å². The lowest BCUT2D eigenvalue weighted by Crippen LogP contribution is -2.51. The third-order valence-corrected chi connectivity index (χ3v) is 8.15. The Balaban J connectivity index is 1.54. The number of carbonyl (C=O) groups is 1. The van der Waals surface area contributed by atoms with Crippen LogP contribution >= 0.6 is 0 Å². The lowest BCUT2D eigenvalue weighted by atomic mass is 9.61. The van der Waals surface area contributed by atoms with Crippen molar-refractivity contribution in [2.24, 2.45) is 17.8 Å². The fourth-order valence-corrected chi connectivity index (χ4v) is 6.17. The van der Waals surface area contributed by atoms with Crippen LogP contribution in [0.1, 0.15) is 36.8 Å². The summed E-state index contributed by atoms with van der Waals surface area (Å²) in [5, 5.41) is 14.7.